The van der Waals surface area contributed by atoms with Crippen molar-refractivity contribution in [3.8, 4) is 11.3 Å². The third-order valence-electron chi connectivity index (χ3n) is 5.97. The van der Waals surface area contributed by atoms with E-state index in [9.17, 15) is 0 Å². The number of aromatic nitrogens is 2. The van der Waals surface area contributed by atoms with Crippen LogP contribution in [0.2, 0.25) is 0 Å². The van der Waals surface area contributed by atoms with Crippen LogP contribution in [0.1, 0.15) is 25.3 Å². The first-order valence-electron chi connectivity index (χ1n) is 9.85. The second kappa shape index (κ2) is 5.56. The molecule has 0 atom stereocenters. The van der Waals surface area contributed by atoms with E-state index in [4.69, 9.17) is 0 Å². The summed E-state index contributed by atoms with van der Waals surface area (Å²) in [6.45, 7) is 4.45. The van der Waals surface area contributed by atoms with Gasteiger partial charge in [-0.05, 0) is 41.8 Å². The normalized spacial score (nSPS) is 12.2. The molecule has 3 aromatic carbocycles. The average Bonchev–Trinajstić information content (AvgIpc) is 3.25. The van der Waals surface area contributed by atoms with E-state index in [-0.39, 0.29) is 0 Å². The molecule has 2 nitrogen and oxygen atoms in total. The van der Waals surface area contributed by atoms with Gasteiger partial charge in [-0.1, -0.05) is 56.3 Å². The Morgan fingerprint density at radius 1 is 0.714 bits per heavy atom. The van der Waals surface area contributed by atoms with Crippen LogP contribution in [0.3, 0.4) is 0 Å². The van der Waals surface area contributed by atoms with Crippen LogP contribution in [0, 0.1) is 0 Å². The summed E-state index contributed by atoms with van der Waals surface area (Å²) >= 11 is 0. The molecule has 6 rings (SSSR count). The zero-order valence-electron chi connectivity index (χ0n) is 16.0. The highest BCUT2D eigenvalue weighted by atomic mass is 14.9. The number of benzene rings is 3. The predicted molar refractivity (Wildman–Crippen MR) is 118 cm³/mol. The van der Waals surface area contributed by atoms with Gasteiger partial charge in [0, 0.05) is 33.3 Å². The standard InChI is InChI=1S/C26H20N2/c1-16(2)17-12-13-27-23(15-17)18-10-11-25-22(14-18)21-8-5-7-20-19-6-3-4-9-24(19)28(25)26(20)21/h3-16H,1-2H3. The predicted octanol–water partition coefficient (Wildman–Crippen LogP) is 7.02. The first-order chi connectivity index (χ1) is 13.7. The van der Waals surface area contributed by atoms with Gasteiger partial charge < -0.3 is 4.40 Å². The molecule has 3 aromatic heterocycles. The number of rotatable bonds is 2. The molecule has 0 N–H and O–H groups in total. The van der Waals surface area contributed by atoms with Crippen molar-refractivity contribution in [3.05, 3.63) is 84.6 Å². The molecule has 0 bridgehead atoms. The van der Waals surface area contributed by atoms with Gasteiger partial charge in [0.1, 0.15) is 0 Å². The number of fused-ring (bicyclic) bond motifs is 6. The van der Waals surface area contributed by atoms with E-state index in [0.717, 1.165) is 5.69 Å². The molecule has 0 saturated heterocycles. The van der Waals surface area contributed by atoms with Gasteiger partial charge in [0.05, 0.1) is 22.2 Å². The van der Waals surface area contributed by atoms with Crippen LogP contribution in [0.4, 0.5) is 0 Å². The molecule has 0 unspecified atom stereocenters. The highest BCUT2D eigenvalue weighted by Crippen LogP contribution is 2.39. The summed E-state index contributed by atoms with van der Waals surface area (Å²) in [6.07, 6.45) is 1.93. The molecule has 0 fully saturated rings. The van der Waals surface area contributed by atoms with Crippen LogP contribution >= 0.6 is 0 Å². The van der Waals surface area contributed by atoms with Crippen molar-refractivity contribution in [1.82, 2.24) is 9.38 Å². The molecule has 0 saturated carbocycles. The monoisotopic (exact) mass is 360 g/mol. The second-order valence-corrected chi connectivity index (χ2v) is 7.92. The number of hydrogen-bond acceptors (Lipinski definition) is 1. The zero-order chi connectivity index (χ0) is 18.8. The Morgan fingerprint density at radius 2 is 1.46 bits per heavy atom. The minimum atomic E-state index is 0.497. The van der Waals surface area contributed by atoms with Crippen molar-refractivity contribution in [2.45, 2.75) is 19.8 Å². The quantitative estimate of drug-likeness (QED) is 0.324. The van der Waals surface area contributed by atoms with Gasteiger partial charge in [-0.25, -0.2) is 0 Å². The molecule has 0 aliphatic rings. The van der Waals surface area contributed by atoms with Crippen LogP contribution in [0.15, 0.2) is 79.0 Å². The fourth-order valence-corrected chi connectivity index (χ4v) is 4.56. The summed E-state index contributed by atoms with van der Waals surface area (Å²) in [5, 5.41) is 5.25. The molecule has 2 heteroatoms. The van der Waals surface area contributed by atoms with Crippen molar-refractivity contribution in [1.29, 1.82) is 0 Å². The lowest BCUT2D eigenvalue weighted by molar-refractivity contribution is 0.864. The highest BCUT2D eigenvalue weighted by molar-refractivity contribution is 6.23. The number of para-hydroxylation sites is 2. The molecular weight excluding hydrogens is 340 g/mol. The first kappa shape index (κ1) is 15.6. The largest absolute Gasteiger partial charge is 0.308 e. The number of pyridine rings is 1. The van der Waals surface area contributed by atoms with Gasteiger partial charge >= 0.3 is 0 Å². The van der Waals surface area contributed by atoms with Crippen molar-refractivity contribution in [2.75, 3.05) is 0 Å². The third kappa shape index (κ3) is 2.00. The van der Waals surface area contributed by atoms with Crippen LogP contribution in [0.25, 0.3) is 49.4 Å². The van der Waals surface area contributed by atoms with E-state index in [1.807, 2.05) is 6.20 Å². The first-order valence-corrected chi connectivity index (χ1v) is 9.85. The summed E-state index contributed by atoms with van der Waals surface area (Å²) < 4.78 is 2.41. The molecule has 0 aliphatic carbocycles. The lowest BCUT2D eigenvalue weighted by Crippen LogP contribution is -1.90. The van der Waals surface area contributed by atoms with Crippen LogP contribution in [-0.4, -0.2) is 9.38 Å². The SMILES string of the molecule is CC(C)c1ccnc(-c2ccc3c(c2)c2cccc4c5ccccc5n3c42)c1. The molecule has 0 radical (unpaired) electrons. The summed E-state index contributed by atoms with van der Waals surface area (Å²) in [6, 6.07) is 26.4. The minimum Gasteiger partial charge on any atom is -0.308 e. The van der Waals surface area contributed by atoms with Crippen molar-refractivity contribution < 1.29 is 0 Å². The molecule has 134 valence electrons. The van der Waals surface area contributed by atoms with E-state index in [2.05, 4.69) is 96.0 Å². The molecule has 0 aliphatic heterocycles. The summed E-state index contributed by atoms with van der Waals surface area (Å²) in [4.78, 5) is 4.65. The maximum absolute atomic E-state index is 4.65. The van der Waals surface area contributed by atoms with Gasteiger partial charge in [-0.2, -0.15) is 0 Å². The summed E-state index contributed by atoms with van der Waals surface area (Å²) in [5.74, 6) is 0.497. The molecule has 0 spiro atoms. The Hall–Kier alpha value is -3.39. The number of hydrogen-bond donors (Lipinski definition) is 0. The van der Waals surface area contributed by atoms with Crippen LogP contribution in [-0.2, 0) is 0 Å². The van der Waals surface area contributed by atoms with Crippen molar-refractivity contribution in [3.63, 3.8) is 0 Å². The Bertz CT molecular complexity index is 1490. The lowest BCUT2D eigenvalue weighted by Gasteiger charge is -2.08. The highest BCUT2D eigenvalue weighted by Gasteiger charge is 2.17. The molecule has 28 heavy (non-hydrogen) atoms. The van der Waals surface area contributed by atoms with Crippen molar-refractivity contribution >= 4 is 38.1 Å². The zero-order valence-corrected chi connectivity index (χ0v) is 16.0. The van der Waals surface area contributed by atoms with Gasteiger partial charge in [0.15, 0.2) is 0 Å². The van der Waals surface area contributed by atoms with Crippen LogP contribution in [0.5, 0.6) is 0 Å². The summed E-state index contributed by atoms with van der Waals surface area (Å²) in [7, 11) is 0. The Labute approximate surface area is 163 Å². The van der Waals surface area contributed by atoms with E-state index < -0.39 is 0 Å². The van der Waals surface area contributed by atoms with E-state index in [1.54, 1.807) is 0 Å². The lowest BCUT2D eigenvalue weighted by atomic mass is 10.0. The molecular formula is C26H20N2. The maximum Gasteiger partial charge on any atom is 0.0705 e. The Kier molecular flexibility index (Phi) is 3.10. The van der Waals surface area contributed by atoms with Gasteiger partial charge in [-0.3, -0.25) is 4.98 Å². The molecule has 0 amide bonds. The van der Waals surface area contributed by atoms with Gasteiger partial charge in [-0.15, -0.1) is 0 Å². The topological polar surface area (TPSA) is 17.3 Å². The van der Waals surface area contributed by atoms with Gasteiger partial charge in [0.2, 0.25) is 0 Å². The van der Waals surface area contributed by atoms with E-state index >= 15 is 0 Å². The minimum absolute atomic E-state index is 0.497. The number of nitrogens with zero attached hydrogens (tertiary/aromatic N) is 2. The fraction of sp³-hybridized carbons (Fsp3) is 0.115. The van der Waals surface area contributed by atoms with E-state index in [1.165, 1.54) is 49.2 Å². The molecule has 3 heterocycles. The van der Waals surface area contributed by atoms with Crippen molar-refractivity contribution in [2.24, 2.45) is 0 Å². The maximum atomic E-state index is 4.65. The summed E-state index contributed by atoms with van der Waals surface area (Å²) in [5.41, 5.74) is 7.40. The Morgan fingerprint density at radius 3 is 2.32 bits per heavy atom. The smallest absolute Gasteiger partial charge is 0.0705 e. The van der Waals surface area contributed by atoms with Gasteiger partial charge in [0.25, 0.3) is 0 Å². The average molecular weight is 360 g/mol. The third-order valence-corrected chi connectivity index (χ3v) is 5.97. The second-order valence-electron chi connectivity index (χ2n) is 7.92. The molecule has 6 aromatic rings. The fourth-order valence-electron chi connectivity index (χ4n) is 4.56. The van der Waals surface area contributed by atoms with E-state index in [0.29, 0.717) is 5.92 Å². The Balaban J connectivity index is 1.70. The van der Waals surface area contributed by atoms with Crippen LogP contribution < -0.4 is 0 Å².